The van der Waals surface area contributed by atoms with Crippen LogP contribution in [-0.4, -0.2) is 22.2 Å². The number of nitrogens with two attached hydrogens (primary N) is 1. The molecule has 1 amide bonds. The monoisotopic (exact) mass is 372 g/mol. The number of carbonyl (C=O) groups is 1. The molecule has 0 fully saturated rings. The second-order valence-electron chi connectivity index (χ2n) is 4.44. The van der Waals surface area contributed by atoms with Gasteiger partial charge in [0, 0.05) is 17.0 Å². The van der Waals surface area contributed by atoms with Gasteiger partial charge in [0.25, 0.3) is 0 Å². The first-order valence-corrected chi connectivity index (χ1v) is 7.24. The topological polar surface area (TPSA) is 72.9 Å². The van der Waals surface area contributed by atoms with Crippen molar-refractivity contribution in [1.29, 1.82) is 0 Å². The standard InChI is InChI=1S/C14H17BrN4O.ClH/c15-12-5-3-11(4-6-12)10-19-13(7-9-17-19)18-14(20)2-1-8-16;/h3-7,9H,1-2,8,10,16H2,(H,18,20);1H. The van der Waals surface area contributed by atoms with E-state index in [0.717, 1.165) is 10.0 Å². The van der Waals surface area contributed by atoms with Gasteiger partial charge in [-0.05, 0) is 30.7 Å². The van der Waals surface area contributed by atoms with E-state index in [1.165, 1.54) is 0 Å². The maximum absolute atomic E-state index is 11.7. The van der Waals surface area contributed by atoms with Gasteiger partial charge in [0.05, 0.1) is 12.7 Å². The molecule has 0 bridgehead atoms. The summed E-state index contributed by atoms with van der Waals surface area (Å²) in [5.74, 6) is 0.669. The second kappa shape index (κ2) is 8.81. The van der Waals surface area contributed by atoms with Crippen molar-refractivity contribution < 1.29 is 4.79 Å². The summed E-state index contributed by atoms with van der Waals surface area (Å²) in [5.41, 5.74) is 6.51. The van der Waals surface area contributed by atoms with E-state index < -0.39 is 0 Å². The van der Waals surface area contributed by atoms with Crippen LogP contribution in [0.3, 0.4) is 0 Å². The van der Waals surface area contributed by atoms with Crippen LogP contribution in [0.25, 0.3) is 0 Å². The van der Waals surface area contributed by atoms with Crippen molar-refractivity contribution in [3.05, 3.63) is 46.6 Å². The molecule has 1 aromatic carbocycles. The van der Waals surface area contributed by atoms with Gasteiger partial charge in [-0.1, -0.05) is 28.1 Å². The van der Waals surface area contributed by atoms with E-state index in [4.69, 9.17) is 5.73 Å². The average Bonchev–Trinajstić information content (AvgIpc) is 2.86. The van der Waals surface area contributed by atoms with Crippen molar-refractivity contribution >= 4 is 40.1 Å². The molecule has 114 valence electrons. The van der Waals surface area contributed by atoms with Crippen molar-refractivity contribution in [2.24, 2.45) is 5.73 Å². The Bertz CT molecular complexity index is 571. The molecule has 0 aliphatic heterocycles. The Morgan fingerprint density at radius 1 is 1.29 bits per heavy atom. The predicted molar refractivity (Wildman–Crippen MR) is 89.6 cm³/mol. The third-order valence-electron chi connectivity index (χ3n) is 2.84. The van der Waals surface area contributed by atoms with Crippen molar-refractivity contribution in [2.75, 3.05) is 11.9 Å². The molecule has 2 aromatic rings. The van der Waals surface area contributed by atoms with Crippen LogP contribution in [0.4, 0.5) is 5.82 Å². The number of nitrogens with zero attached hydrogens (tertiary/aromatic N) is 2. The van der Waals surface area contributed by atoms with Gasteiger partial charge >= 0.3 is 0 Å². The Balaban J connectivity index is 0.00000220. The lowest BCUT2D eigenvalue weighted by Crippen LogP contribution is -2.17. The van der Waals surface area contributed by atoms with Crippen LogP contribution < -0.4 is 11.1 Å². The molecule has 0 aliphatic rings. The molecule has 0 spiro atoms. The first-order valence-electron chi connectivity index (χ1n) is 6.45. The molecule has 1 heterocycles. The number of aromatic nitrogens is 2. The molecular weight excluding hydrogens is 356 g/mol. The van der Waals surface area contributed by atoms with Crippen LogP contribution in [0.2, 0.25) is 0 Å². The van der Waals surface area contributed by atoms with Crippen molar-refractivity contribution in [3.8, 4) is 0 Å². The minimum atomic E-state index is -0.0343. The third kappa shape index (κ3) is 5.49. The molecule has 21 heavy (non-hydrogen) atoms. The minimum Gasteiger partial charge on any atom is -0.330 e. The molecule has 0 unspecified atom stereocenters. The summed E-state index contributed by atoms with van der Waals surface area (Å²) in [6.07, 6.45) is 2.80. The third-order valence-corrected chi connectivity index (χ3v) is 3.37. The van der Waals surface area contributed by atoms with E-state index in [0.29, 0.717) is 31.7 Å². The van der Waals surface area contributed by atoms with Crippen molar-refractivity contribution in [2.45, 2.75) is 19.4 Å². The zero-order chi connectivity index (χ0) is 14.4. The Hall–Kier alpha value is -1.37. The first-order chi connectivity index (χ1) is 9.69. The summed E-state index contributed by atoms with van der Waals surface area (Å²) in [6, 6.07) is 9.80. The fourth-order valence-electron chi connectivity index (χ4n) is 1.80. The average molecular weight is 374 g/mol. The van der Waals surface area contributed by atoms with E-state index in [-0.39, 0.29) is 18.3 Å². The van der Waals surface area contributed by atoms with Gasteiger partial charge in [0.2, 0.25) is 5.91 Å². The predicted octanol–water partition coefficient (Wildman–Crippen LogP) is 2.79. The summed E-state index contributed by atoms with van der Waals surface area (Å²) < 4.78 is 2.81. The molecule has 7 heteroatoms. The van der Waals surface area contributed by atoms with E-state index in [1.807, 2.05) is 24.3 Å². The largest absolute Gasteiger partial charge is 0.330 e. The van der Waals surface area contributed by atoms with E-state index in [2.05, 4.69) is 26.3 Å². The van der Waals surface area contributed by atoms with E-state index in [1.54, 1.807) is 16.9 Å². The molecule has 0 atom stereocenters. The molecule has 2 rings (SSSR count). The van der Waals surface area contributed by atoms with Gasteiger partial charge in [-0.15, -0.1) is 12.4 Å². The number of nitrogens with one attached hydrogen (secondary N) is 1. The van der Waals surface area contributed by atoms with Crippen molar-refractivity contribution in [1.82, 2.24) is 9.78 Å². The molecule has 0 radical (unpaired) electrons. The fourth-order valence-corrected chi connectivity index (χ4v) is 2.06. The normalized spacial score (nSPS) is 10.0. The van der Waals surface area contributed by atoms with Crippen LogP contribution in [0.15, 0.2) is 41.0 Å². The number of benzene rings is 1. The van der Waals surface area contributed by atoms with Crippen LogP contribution in [0.1, 0.15) is 18.4 Å². The van der Waals surface area contributed by atoms with Gasteiger partial charge in [-0.2, -0.15) is 5.10 Å². The molecule has 0 saturated carbocycles. The highest BCUT2D eigenvalue weighted by molar-refractivity contribution is 9.10. The molecule has 0 saturated heterocycles. The molecule has 5 nitrogen and oxygen atoms in total. The van der Waals surface area contributed by atoms with Gasteiger partial charge < -0.3 is 11.1 Å². The lowest BCUT2D eigenvalue weighted by molar-refractivity contribution is -0.116. The van der Waals surface area contributed by atoms with E-state index in [9.17, 15) is 4.79 Å². The Morgan fingerprint density at radius 2 is 2.00 bits per heavy atom. The Morgan fingerprint density at radius 3 is 2.67 bits per heavy atom. The lowest BCUT2D eigenvalue weighted by atomic mass is 10.2. The second-order valence-corrected chi connectivity index (χ2v) is 5.36. The molecule has 1 aromatic heterocycles. The number of halogens is 2. The number of hydrogen-bond donors (Lipinski definition) is 2. The summed E-state index contributed by atoms with van der Waals surface area (Å²) in [7, 11) is 0. The number of hydrogen-bond acceptors (Lipinski definition) is 3. The summed E-state index contributed by atoms with van der Waals surface area (Å²) in [4.78, 5) is 11.7. The Labute approximate surface area is 138 Å². The van der Waals surface area contributed by atoms with Gasteiger partial charge in [-0.3, -0.25) is 4.79 Å². The summed E-state index contributed by atoms with van der Waals surface area (Å²) >= 11 is 3.40. The lowest BCUT2D eigenvalue weighted by Gasteiger charge is -2.09. The highest BCUT2D eigenvalue weighted by atomic mass is 79.9. The number of anilines is 1. The number of carbonyl (C=O) groups excluding carboxylic acids is 1. The Kier molecular flexibility index (Phi) is 7.42. The van der Waals surface area contributed by atoms with E-state index >= 15 is 0 Å². The zero-order valence-electron chi connectivity index (χ0n) is 11.5. The molecule has 3 N–H and O–H groups in total. The van der Waals surface area contributed by atoms with Crippen LogP contribution >= 0.6 is 28.3 Å². The molecule has 0 aliphatic carbocycles. The van der Waals surface area contributed by atoms with Gasteiger partial charge in [0.15, 0.2) is 0 Å². The van der Waals surface area contributed by atoms with Crippen LogP contribution in [0.5, 0.6) is 0 Å². The maximum Gasteiger partial charge on any atom is 0.225 e. The smallest absolute Gasteiger partial charge is 0.225 e. The minimum absolute atomic E-state index is 0. The number of amides is 1. The maximum atomic E-state index is 11.7. The highest BCUT2D eigenvalue weighted by Gasteiger charge is 2.07. The quantitative estimate of drug-likeness (QED) is 0.818. The van der Waals surface area contributed by atoms with Crippen LogP contribution in [-0.2, 0) is 11.3 Å². The first kappa shape index (κ1) is 17.7. The summed E-state index contributed by atoms with van der Waals surface area (Å²) in [5, 5.41) is 7.09. The zero-order valence-corrected chi connectivity index (χ0v) is 13.9. The number of rotatable bonds is 6. The molecular formula is C14H18BrClN4O. The SMILES string of the molecule is Cl.NCCCC(=O)Nc1ccnn1Cc1ccc(Br)cc1. The van der Waals surface area contributed by atoms with Crippen molar-refractivity contribution in [3.63, 3.8) is 0 Å². The summed E-state index contributed by atoms with van der Waals surface area (Å²) in [6.45, 7) is 1.14. The van der Waals surface area contributed by atoms with Gasteiger partial charge in [0.1, 0.15) is 5.82 Å². The highest BCUT2D eigenvalue weighted by Crippen LogP contribution is 2.14. The van der Waals surface area contributed by atoms with Gasteiger partial charge in [-0.25, -0.2) is 4.68 Å². The van der Waals surface area contributed by atoms with Crippen LogP contribution in [0, 0.1) is 0 Å². The fraction of sp³-hybridized carbons (Fsp3) is 0.286.